The van der Waals surface area contributed by atoms with E-state index in [0.29, 0.717) is 11.4 Å². The minimum Gasteiger partial charge on any atom is -0.398 e. The molecule has 1 heterocycles. The molecule has 0 fully saturated rings. The summed E-state index contributed by atoms with van der Waals surface area (Å²) in [6.07, 6.45) is 1.73. The van der Waals surface area contributed by atoms with Gasteiger partial charge in [0.1, 0.15) is 0 Å². The van der Waals surface area contributed by atoms with Crippen LogP contribution >= 0.6 is 0 Å². The van der Waals surface area contributed by atoms with Gasteiger partial charge in [0.25, 0.3) is 0 Å². The van der Waals surface area contributed by atoms with Gasteiger partial charge in [0, 0.05) is 23.0 Å². The molecule has 25 heavy (non-hydrogen) atoms. The Kier molecular flexibility index (Phi) is 4.75. The molecule has 0 aliphatic rings. The third-order valence-corrected chi connectivity index (χ3v) is 4.07. The number of benzene rings is 2. The molecule has 3 heteroatoms. The summed E-state index contributed by atoms with van der Waals surface area (Å²) >= 11 is 0. The fourth-order valence-electron chi connectivity index (χ4n) is 2.54. The molecule has 3 aromatic rings. The van der Waals surface area contributed by atoms with Gasteiger partial charge >= 0.3 is 0 Å². The third kappa shape index (κ3) is 3.83. The number of nitrogens with zero attached hydrogens (tertiary/aromatic N) is 2. The number of nitrogens with two attached hydrogens (primary N) is 1. The lowest BCUT2D eigenvalue weighted by Gasteiger charge is -2.08. The van der Waals surface area contributed by atoms with Crippen molar-refractivity contribution in [2.45, 2.75) is 13.8 Å². The van der Waals surface area contributed by atoms with E-state index in [9.17, 15) is 0 Å². The highest BCUT2D eigenvalue weighted by Crippen LogP contribution is 2.24. The average Bonchev–Trinajstić information content (AvgIpc) is 2.62. The van der Waals surface area contributed by atoms with E-state index in [-0.39, 0.29) is 0 Å². The van der Waals surface area contributed by atoms with Crippen LogP contribution in [-0.2, 0) is 0 Å². The van der Waals surface area contributed by atoms with E-state index in [1.165, 1.54) is 5.56 Å². The zero-order valence-corrected chi connectivity index (χ0v) is 14.5. The van der Waals surface area contributed by atoms with E-state index in [1.54, 1.807) is 6.21 Å². The fourth-order valence-corrected chi connectivity index (χ4v) is 2.54. The molecule has 0 spiro atoms. The SMILES string of the molecule is C=C(/N=C\c1ccccc1N)c1ccc(C)c(-c2ccc(C)cc2)n1. The minimum atomic E-state index is 0.608. The maximum atomic E-state index is 5.94. The van der Waals surface area contributed by atoms with Gasteiger partial charge in [0.15, 0.2) is 0 Å². The number of aryl methyl sites for hydroxylation is 2. The van der Waals surface area contributed by atoms with Crippen molar-refractivity contribution in [2.24, 2.45) is 4.99 Å². The smallest absolute Gasteiger partial charge is 0.0887 e. The minimum absolute atomic E-state index is 0.608. The highest BCUT2D eigenvalue weighted by Gasteiger charge is 2.07. The van der Waals surface area contributed by atoms with Gasteiger partial charge in [-0.15, -0.1) is 0 Å². The number of nitrogen functional groups attached to an aromatic ring is 1. The second-order valence-electron chi connectivity index (χ2n) is 6.06. The lowest BCUT2D eigenvalue weighted by molar-refractivity contribution is 1.22. The van der Waals surface area contributed by atoms with Crippen LogP contribution in [0.5, 0.6) is 0 Å². The predicted molar refractivity (Wildman–Crippen MR) is 107 cm³/mol. The largest absolute Gasteiger partial charge is 0.398 e. The molecule has 0 atom stereocenters. The second kappa shape index (κ2) is 7.14. The first-order chi connectivity index (χ1) is 12.0. The van der Waals surface area contributed by atoms with Crippen LogP contribution in [0.2, 0.25) is 0 Å². The summed E-state index contributed by atoms with van der Waals surface area (Å²) in [5.41, 5.74) is 13.3. The molecule has 3 rings (SSSR count). The van der Waals surface area contributed by atoms with Gasteiger partial charge < -0.3 is 5.73 Å². The maximum Gasteiger partial charge on any atom is 0.0887 e. The van der Waals surface area contributed by atoms with E-state index in [0.717, 1.165) is 28.1 Å². The Labute approximate surface area is 148 Å². The summed E-state index contributed by atoms with van der Waals surface area (Å²) in [6, 6.07) is 20.0. The summed E-state index contributed by atoms with van der Waals surface area (Å²) in [7, 11) is 0. The number of aliphatic imine (C=N–C) groups is 1. The lowest BCUT2D eigenvalue weighted by Crippen LogP contribution is -1.95. The Morgan fingerprint density at radius 2 is 1.72 bits per heavy atom. The van der Waals surface area contributed by atoms with Crippen molar-refractivity contribution in [2.75, 3.05) is 5.73 Å². The number of aromatic nitrogens is 1. The Morgan fingerprint density at radius 1 is 1.00 bits per heavy atom. The summed E-state index contributed by atoms with van der Waals surface area (Å²) in [5.74, 6) is 0. The van der Waals surface area contributed by atoms with E-state index in [2.05, 4.69) is 55.8 Å². The van der Waals surface area contributed by atoms with Gasteiger partial charge in [-0.25, -0.2) is 4.98 Å². The van der Waals surface area contributed by atoms with Gasteiger partial charge in [-0.1, -0.05) is 60.7 Å². The molecular formula is C22H21N3. The van der Waals surface area contributed by atoms with Crippen molar-refractivity contribution in [3.05, 3.63) is 89.6 Å². The van der Waals surface area contributed by atoms with Gasteiger partial charge in [-0.3, -0.25) is 4.99 Å². The number of pyridine rings is 1. The fraction of sp³-hybridized carbons (Fsp3) is 0.0909. The van der Waals surface area contributed by atoms with Crippen molar-refractivity contribution in [1.82, 2.24) is 4.98 Å². The van der Waals surface area contributed by atoms with Gasteiger partial charge in [-0.05, 0) is 31.5 Å². The summed E-state index contributed by atoms with van der Waals surface area (Å²) in [6.45, 7) is 8.18. The van der Waals surface area contributed by atoms with Crippen molar-refractivity contribution < 1.29 is 0 Å². The number of para-hydroxylation sites is 1. The Morgan fingerprint density at radius 3 is 2.44 bits per heavy atom. The molecule has 0 aliphatic heterocycles. The van der Waals surface area contributed by atoms with Crippen molar-refractivity contribution in [3.63, 3.8) is 0 Å². The van der Waals surface area contributed by atoms with E-state index < -0.39 is 0 Å². The van der Waals surface area contributed by atoms with Crippen molar-refractivity contribution in [1.29, 1.82) is 0 Å². The van der Waals surface area contributed by atoms with E-state index in [1.807, 2.05) is 30.3 Å². The molecule has 0 amide bonds. The molecule has 0 unspecified atom stereocenters. The lowest BCUT2D eigenvalue weighted by atomic mass is 10.0. The number of hydrogen-bond donors (Lipinski definition) is 1. The average molecular weight is 327 g/mol. The van der Waals surface area contributed by atoms with Crippen molar-refractivity contribution in [3.8, 4) is 11.3 Å². The normalized spacial score (nSPS) is 11.0. The molecule has 3 nitrogen and oxygen atoms in total. The van der Waals surface area contributed by atoms with Crippen molar-refractivity contribution >= 4 is 17.6 Å². The molecule has 2 N–H and O–H groups in total. The summed E-state index contributed by atoms with van der Waals surface area (Å²) < 4.78 is 0. The van der Waals surface area contributed by atoms with Crippen LogP contribution in [0.25, 0.3) is 17.0 Å². The van der Waals surface area contributed by atoms with Gasteiger partial charge in [0.05, 0.1) is 17.1 Å². The first-order valence-electron chi connectivity index (χ1n) is 8.17. The molecule has 2 aromatic carbocycles. The Balaban J connectivity index is 1.90. The van der Waals surface area contributed by atoms with Crippen LogP contribution in [0.4, 0.5) is 5.69 Å². The van der Waals surface area contributed by atoms with Crippen LogP contribution in [0.15, 0.2) is 72.2 Å². The number of rotatable bonds is 4. The molecule has 0 radical (unpaired) electrons. The first-order valence-corrected chi connectivity index (χ1v) is 8.17. The summed E-state index contributed by atoms with van der Waals surface area (Å²) in [5, 5.41) is 0. The quantitative estimate of drug-likeness (QED) is 0.539. The molecule has 1 aromatic heterocycles. The van der Waals surface area contributed by atoms with E-state index in [4.69, 9.17) is 10.7 Å². The van der Waals surface area contributed by atoms with Crippen LogP contribution < -0.4 is 5.73 Å². The molecule has 0 saturated heterocycles. The molecular weight excluding hydrogens is 306 g/mol. The van der Waals surface area contributed by atoms with Crippen LogP contribution in [-0.4, -0.2) is 11.2 Å². The molecule has 0 bridgehead atoms. The monoisotopic (exact) mass is 327 g/mol. The van der Waals surface area contributed by atoms with Gasteiger partial charge in [-0.2, -0.15) is 0 Å². The third-order valence-electron chi connectivity index (χ3n) is 4.07. The standard InChI is InChI=1S/C22H21N3/c1-15-8-11-18(12-9-15)22-16(2)10-13-21(25-22)17(3)24-14-19-6-4-5-7-20(19)23/h4-14H,3,23H2,1-2H3/b24-14-. The highest BCUT2D eigenvalue weighted by molar-refractivity contribution is 5.90. The highest BCUT2D eigenvalue weighted by atomic mass is 14.8. The number of hydrogen-bond acceptors (Lipinski definition) is 3. The van der Waals surface area contributed by atoms with E-state index >= 15 is 0 Å². The Hall–Kier alpha value is -3.20. The maximum absolute atomic E-state index is 5.94. The Bertz CT molecular complexity index is 938. The van der Waals surface area contributed by atoms with Gasteiger partial charge in [0.2, 0.25) is 0 Å². The zero-order valence-electron chi connectivity index (χ0n) is 14.5. The first kappa shape index (κ1) is 16.7. The molecule has 124 valence electrons. The summed E-state index contributed by atoms with van der Waals surface area (Å²) in [4.78, 5) is 9.20. The predicted octanol–water partition coefficient (Wildman–Crippen LogP) is 5.04. The van der Waals surface area contributed by atoms with Crippen LogP contribution in [0.3, 0.4) is 0 Å². The second-order valence-corrected chi connectivity index (χ2v) is 6.06. The zero-order chi connectivity index (χ0) is 17.8. The van der Waals surface area contributed by atoms with Crippen LogP contribution in [0.1, 0.15) is 22.4 Å². The topological polar surface area (TPSA) is 51.3 Å². The molecule has 0 aliphatic carbocycles. The van der Waals surface area contributed by atoms with Crippen LogP contribution in [0, 0.1) is 13.8 Å². The molecule has 0 saturated carbocycles. The number of anilines is 1.